The second-order valence-electron chi connectivity index (χ2n) is 10.7. The molecule has 9 nitrogen and oxygen atoms in total. The van der Waals surface area contributed by atoms with Crippen LogP contribution in [0.3, 0.4) is 0 Å². The topological polar surface area (TPSA) is 115 Å². The molecule has 0 bridgehead atoms. The highest BCUT2D eigenvalue weighted by molar-refractivity contribution is 5.99. The average molecular weight is 526 g/mol. The molecule has 0 spiro atoms. The van der Waals surface area contributed by atoms with Gasteiger partial charge in [0.25, 0.3) is 0 Å². The van der Waals surface area contributed by atoms with Crippen LogP contribution in [0.1, 0.15) is 76.2 Å². The molecule has 2 heterocycles. The van der Waals surface area contributed by atoms with Gasteiger partial charge in [0.2, 0.25) is 0 Å². The number of phenolic OH excluding ortho intramolecular Hbond substituents is 1. The van der Waals surface area contributed by atoms with Crippen LogP contribution < -0.4 is 20.7 Å². The summed E-state index contributed by atoms with van der Waals surface area (Å²) in [7, 11) is 1.77. The van der Waals surface area contributed by atoms with Crippen molar-refractivity contribution in [2.75, 3.05) is 20.3 Å². The van der Waals surface area contributed by atoms with Crippen molar-refractivity contribution >= 4 is 17.5 Å². The lowest BCUT2D eigenvalue weighted by Crippen LogP contribution is -2.50. The summed E-state index contributed by atoms with van der Waals surface area (Å²) in [4.78, 5) is 31.7. The largest absolute Gasteiger partial charge is 0.504 e. The van der Waals surface area contributed by atoms with Crippen molar-refractivity contribution in [3.63, 3.8) is 0 Å². The fourth-order valence-corrected chi connectivity index (χ4v) is 5.57. The maximum atomic E-state index is 12.6. The van der Waals surface area contributed by atoms with E-state index in [0.717, 1.165) is 76.1 Å². The van der Waals surface area contributed by atoms with Crippen LogP contribution in [0, 0.1) is 0 Å². The molecule has 1 aliphatic carbocycles. The molecule has 0 amide bonds. The number of hydrogen-bond acceptors (Lipinski definition) is 7. The summed E-state index contributed by atoms with van der Waals surface area (Å²) in [6.07, 6.45) is 13.4. The summed E-state index contributed by atoms with van der Waals surface area (Å²) >= 11 is 0. The first kappa shape index (κ1) is 27.8. The van der Waals surface area contributed by atoms with E-state index in [1.54, 1.807) is 13.1 Å². The Bertz CT molecular complexity index is 1000. The Hall–Kier alpha value is -3.23. The molecule has 0 radical (unpaired) electrons. The number of aryl methyl sites for hydroxylation is 1. The maximum absolute atomic E-state index is 12.6. The van der Waals surface area contributed by atoms with Crippen molar-refractivity contribution in [1.82, 2.24) is 20.9 Å². The van der Waals surface area contributed by atoms with Crippen LogP contribution in [0.5, 0.6) is 11.5 Å². The molecule has 208 valence electrons. The van der Waals surface area contributed by atoms with Gasteiger partial charge < -0.3 is 30.7 Å². The number of nitrogens with zero attached hydrogens (tertiary/aromatic N) is 2. The van der Waals surface area contributed by atoms with Gasteiger partial charge >= 0.3 is 0 Å². The van der Waals surface area contributed by atoms with Gasteiger partial charge in [-0.25, -0.2) is 0 Å². The molecule has 2 atom stereocenters. The highest BCUT2D eigenvalue weighted by atomic mass is 16.5. The fraction of sp³-hybridized carbons (Fsp3) is 0.621. The molecule has 1 saturated carbocycles. The number of carbonyl (C=O) groups is 2. The van der Waals surface area contributed by atoms with Gasteiger partial charge in [0, 0.05) is 50.9 Å². The van der Waals surface area contributed by atoms with Crippen molar-refractivity contribution in [1.29, 1.82) is 0 Å². The minimum Gasteiger partial charge on any atom is -0.504 e. The summed E-state index contributed by atoms with van der Waals surface area (Å²) in [5.41, 5.74) is 0.937. The molecule has 0 aromatic heterocycles. The number of phenols is 1. The zero-order valence-corrected chi connectivity index (χ0v) is 22.6. The number of Topliss-reactive ketones (excluding diaryl/α,β-unsaturated/α-hetero) is 2. The first-order valence-corrected chi connectivity index (χ1v) is 14.1. The molecule has 4 N–H and O–H groups in total. The number of hydrogen-bond donors (Lipinski definition) is 4. The Morgan fingerprint density at radius 3 is 2.74 bits per heavy atom. The molecule has 1 aromatic carbocycles. The van der Waals surface area contributed by atoms with E-state index in [-0.39, 0.29) is 35.9 Å². The molecule has 2 fully saturated rings. The number of aliphatic imine (C=N–C) groups is 1. The van der Waals surface area contributed by atoms with Gasteiger partial charge in [-0.2, -0.15) is 0 Å². The van der Waals surface area contributed by atoms with E-state index >= 15 is 0 Å². The Morgan fingerprint density at radius 1 is 1.16 bits per heavy atom. The zero-order valence-electron chi connectivity index (χ0n) is 22.6. The van der Waals surface area contributed by atoms with Gasteiger partial charge in [0.15, 0.2) is 17.5 Å². The summed E-state index contributed by atoms with van der Waals surface area (Å²) in [6.45, 7) is 1.69. The predicted octanol–water partition coefficient (Wildman–Crippen LogP) is 3.37. The first-order valence-electron chi connectivity index (χ1n) is 14.1. The van der Waals surface area contributed by atoms with Crippen LogP contribution in [0.4, 0.5) is 0 Å². The summed E-state index contributed by atoms with van der Waals surface area (Å²) in [5.74, 6) is 1.39. The number of aromatic hydroxyl groups is 1. The lowest BCUT2D eigenvalue weighted by molar-refractivity contribution is -0.127. The molecular formula is C29H43N5O4. The van der Waals surface area contributed by atoms with Crippen molar-refractivity contribution in [2.24, 2.45) is 4.99 Å². The highest BCUT2D eigenvalue weighted by Crippen LogP contribution is 2.32. The fourth-order valence-electron chi connectivity index (χ4n) is 5.57. The lowest BCUT2D eigenvalue weighted by Gasteiger charge is -2.34. The second-order valence-corrected chi connectivity index (χ2v) is 10.7. The van der Waals surface area contributed by atoms with Crippen LogP contribution in [-0.2, 0) is 16.0 Å². The smallest absolute Gasteiger partial charge is 0.191 e. The predicted molar refractivity (Wildman–Crippen MR) is 148 cm³/mol. The SMILES string of the molecule is CN=C1NCC[C@H](N2C=CNC2)C[C@@H](CCCC(=O)CC(=O)CCc2ccc(O)c(OC3CCCC3)c2)N1. The van der Waals surface area contributed by atoms with Crippen LogP contribution in [0.2, 0.25) is 0 Å². The van der Waals surface area contributed by atoms with Gasteiger partial charge in [-0.3, -0.25) is 14.6 Å². The van der Waals surface area contributed by atoms with E-state index in [1.165, 1.54) is 0 Å². The van der Waals surface area contributed by atoms with Gasteiger partial charge in [0.1, 0.15) is 11.6 Å². The average Bonchev–Trinajstić information content (AvgIpc) is 3.60. The summed E-state index contributed by atoms with van der Waals surface area (Å²) < 4.78 is 5.96. The normalized spacial score (nSPS) is 22.9. The van der Waals surface area contributed by atoms with Gasteiger partial charge in [-0.15, -0.1) is 0 Å². The highest BCUT2D eigenvalue weighted by Gasteiger charge is 2.25. The van der Waals surface area contributed by atoms with Crippen LogP contribution in [0.25, 0.3) is 0 Å². The third kappa shape index (κ3) is 8.39. The molecule has 2 aliphatic heterocycles. The van der Waals surface area contributed by atoms with Crippen LogP contribution in [0.15, 0.2) is 35.6 Å². The molecule has 3 aliphatic rings. The molecule has 38 heavy (non-hydrogen) atoms. The number of rotatable bonds is 12. The quantitative estimate of drug-likeness (QED) is 0.307. The van der Waals surface area contributed by atoms with Gasteiger partial charge in [0.05, 0.1) is 19.2 Å². The number of ketones is 2. The molecule has 1 saturated heterocycles. The minimum atomic E-state index is -0.0385. The molecule has 4 rings (SSSR count). The van der Waals surface area contributed by atoms with Crippen molar-refractivity contribution in [3.8, 4) is 11.5 Å². The summed E-state index contributed by atoms with van der Waals surface area (Å²) in [5, 5.41) is 20.3. The molecule has 9 heteroatoms. The Kier molecular flexibility index (Phi) is 10.3. The Balaban J connectivity index is 1.19. The van der Waals surface area contributed by atoms with Crippen molar-refractivity contribution in [3.05, 3.63) is 36.2 Å². The van der Waals surface area contributed by atoms with E-state index in [1.807, 2.05) is 18.3 Å². The van der Waals surface area contributed by atoms with E-state index in [2.05, 4.69) is 32.0 Å². The van der Waals surface area contributed by atoms with Crippen LogP contribution in [-0.4, -0.2) is 66.0 Å². The van der Waals surface area contributed by atoms with Crippen molar-refractivity contribution in [2.45, 2.75) is 95.2 Å². The maximum Gasteiger partial charge on any atom is 0.191 e. The van der Waals surface area contributed by atoms with Gasteiger partial charge in [-0.05, 0) is 75.5 Å². The third-order valence-corrected chi connectivity index (χ3v) is 7.73. The van der Waals surface area contributed by atoms with E-state index in [4.69, 9.17) is 4.74 Å². The number of ether oxygens (including phenoxy) is 1. The molecule has 1 aromatic rings. The molecule has 0 unspecified atom stereocenters. The lowest BCUT2D eigenvalue weighted by atomic mass is 9.96. The van der Waals surface area contributed by atoms with E-state index in [9.17, 15) is 14.7 Å². The van der Waals surface area contributed by atoms with E-state index in [0.29, 0.717) is 31.1 Å². The van der Waals surface area contributed by atoms with Crippen LogP contribution >= 0.6 is 0 Å². The second kappa shape index (κ2) is 14.1. The Labute approximate surface area is 226 Å². The number of guanidine groups is 1. The van der Waals surface area contributed by atoms with Crippen molar-refractivity contribution < 1.29 is 19.4 Å². The number of nitrogens with one attached hydrogen (secondary N) is 3. The zero-order chi connectivity index (χ0) is 26.7. The number of benzene rings is 1. The third-order valence-electron chi connectivity index (χ3n) is 7.73. The minimum absolute atomic E-state index is 0.00235. The summed E-state index contributed by atoms with van der Waals surface area (Å²) in [6, 6.07) is 5.89. The first-order chi connectivity index (χ1) is 18.5. The van der Waals surface area contributed by atoms with Gasteiger partial charge in [-0.1, -0.05) is 6.07 Å². The number of carbonyl (C=O) groups excluding carboxylic acids is 2. The Morgan fingerprint density at radius 2 is 1.97 bits per heavy atom. The van der Waals surface area contributed by atoms with E-state index < -0.39 is 0 Å². The molecular weight excluding hydrogens is 482 g/mol. The standard InChI is InChI=1S/C29H43N5O4/c1-30-29-32-14-13-23(34-16-15-31-20-34)18-22(33-29)5-4-6-24(35)19-25(36)11-9-21-10-12-27(37)28(17-21)38-26-7-2-3-8-26/h10,12,15-17,22-23,26,31,37H,2-9,11,13-14,18-20H2,1H3,(H2,30,32,33)/t22-,23+/m1/s1. The monoisotopic (exact) mass is 525 g/mol.